The highest BCUT2D eigenvalue weighted by molar-refractivity contribution is 7.09. The van der Waals surface area contributed by atoms with E-state index in [1.165, 1.54) is 17.1 Å². The number of anilines is 1. The Morgan fingerprint density at radius 1 is 1.00 bits per heavy atom. The van der Waals surface area contributed by atoms with Gasteiger partial charge in [-0.25, -0.2) is 4.98 Å². The van der Waals surface area contributed by atoms with Crippen molar-refractivity contribution in [2.24, 2.45) is 0 Å². The first-order chi connectivity index (χ1) is 14.3. The molecule has 7 heteroatoms. The van der Waals surface area contributed by atoms with Crippen molar-refractivity contribution in [2.75, 3.05) is 37.7 Å². The van der Waals surface area contributed by atoms with E-state index < -0.39 is 0 Å². The predicted octanol–water partition coefficient (Wildman–Crippen LogP) is 2.99. The highest BCUT2D eigenvalue weighted by Crippen LogP contribution is 2.21. The van der Waals surface area contributed by atoms with Crippen LogP contribution in [0.5, 0.6) is 0 Å². The second-order valence-electron chi connectivity index (χ2n) is 6.99. The molecule has 2 heterocycles. The Morgan fingerprint density at radius 2 is 1.66 bits per heavy atom. The zero-order valence-corrected chi connectivity index (χ0v) is 17.1. The lowest BCUT2D eigenvalue weighted by Gasteiger charge is -2.29. The van der Waals surface area contributed by atoms with Crippen LogP contribution in [0.15, 0.2) is 60.7 Å². The maximum Gasteiger partial charge on any atom is 0.242 e. The molecule has 1 aliphatic rings. The second-order valence-corrected chi connectivity index (χ2v) is 7.72. The van der Waals surface area contributed by atoms with E-state index in [0.717, 1.165) is 16.5 Å². The van der Waals surface area contributed by atoms with E-state index >= 15 is 0 Å². The standard InChI is InChI=1S/C22H24N4O2S/c27-21(25-11-13-28-14-12-25)17-26(16-19-9-5-2-6-10-19)22-23-20(24-29-22)15-18-7-3-1-4-8-18/h1-10H,11-17H2. The topological polar surface area (TPSA) is 58.6 Å². The third kappa shape index (κ3) is 5.40. The maximum absolute atomic E-state index is 12.9. The van der Waals surface area contributed by atoms with E-state index in [1.54, 1.807) is 0 Å². The first kappa shape index (κ1) is 19.5. The zero-order chi connectivity index (χ0) is 19.9. The van der Waals surface area contributed by atoms with Crippen molar-refractivity contribution in [1.82, 2.24) is 14.3 Å². The van der Waals surface area contributed by atoms with Gasteiger partial charge in [-0.2, -0.15) is 4.37 Å². The Balaban J connectivity index is 1.50. The number of nitrogens with zero attached hydrogens (tertiary/aromatic N) is 4. The molecule has 150 valence electrons. The van der Waals surface area contributed by atoms with Gasteiger partial charge >= 0.3 is 0 Å². The van der Waals surface area contributed by atoms with Crippen LogP contribution >= 0.6 is 11.5 Å². The maximum atomic E-state index is 12.9. The summed E-state index contributed by atoms with van der Waals surface area (Å²) < 4.78 is 9.91. The summed E-state index contributed by atoms with van der Waals surface area (Å²) in [6.45, 7) is 3.40. The van der Waals surface area contributed by atoms with Gasteiger partial charge in [0.25, 0.3) is 0 Å². The molecule has 0 spiro atoms. The molecule has 0 unspecified atom stereocenters. The Morgan fingerprint density at radius 3 is 2.34 bits per heavy atom. The SMILES string of the molecule is O=C(CN(Cc1ccccc1)c1nc(Cc2ccccc2)ns1)N1CCOCC1. The van der Waals surface area contributed by atoms with Gasteiger partial charge in [-0.3, -0.25) is 4.79 Å². The number of morpholine rings is 1. The first-order valence-electron chi connectivity index (χ1n) is 9.79. The lowest BCUT2D eigenvalue weighted by atomic mass is 10.1. The van der Waals surface area contributed by atoms with Crippen LogP contribution < -0.4 is 4.90 Å². The van der Waals surface area contributed by atoms with Gasteiger partial charge in [-0.05, 0) is 11.1 Å². The molecule has 0 bridgehead atoms. The Hall–Kier alpha value is -2.77. The van der Waals surface area contributed by atoms with Crippen LogP contribution in [0.3, 0.4) is 0 Å². The second kappa shape index (κ2) is 9.62. The molecule has 0 atom stereocenters. The average molecular weight is 409 g/mol. The molecular weight excluding hydrogens is 384 g/mol. The van der Waals surface area contributed by atoms with E-state index in [-0.39, 0.29) is 12.5 Å². The smallest absolute Gasteiger partial charge is 0.242 e. The minimum Gasteiger partial charge on any atom is -0.378 e. The molecule has 2 aromatic carbocycles. The van der Waals surface area contributed by atoms with Crippen molar-refractivity contribution >= 4 is 22.6 Å². The molecule has 1 aliphatic heterocycles. The lowest BCUT2D eigenvalue weighted by Crippen LogP contribution is -2.45. The van der Waals surface area contributed by atoms with Crippen molar-refractivity contribution < 1.29 is 9.53 Å². The fourth-order valence-electron chi connectivity index (χ4n) is 3.29. The molecule has 1 saturated heterocycles. The van der Waals surface area contributed by atoms with E-state index in [2.05, 4.69) is 28.6 Å². The Labute approximate surface area is 174 Å². The normalized spacial score (nSPS) is 14.0. The molecule has 1 amide bonds. The molecule has 3 aromatic rings. The molecule has 0 aliphatic carbocycles. The zero-order valence-electron chi connectivity index (χ0n) is 16.2. The highest BCUT2D eigenvalue weighted by Gasteiger charge is 2.22. The summed E-state index contributed by atoms with van der Waals surface area (Å²) >= 11 is 1.35. The monoisotopic (exact) mass is 408 g/mol. The number of carbonyl (C=O) groups is 1. The van der Waals surface area contributed by atoms with Crippen molar-refractivity contribution in [2.45, 2.75) is 13.0 Å². The number of amides is 1. The van der Waals surface area contributed by atoms with Crippen LogP contribution in [0.1, 0.15) is 17.0 Å². The van der Waals surface area contributed by atoms with E-state index in [9.17, 15) is 4.79 Å². The van der Waals surface area contributed by atoms with Crippen molar-refractivity contribution in [3.63, 3.8) is 0 Å². The van der Waals surface area contributed by atoms with Crippen LogP contribution in [-0.2, 0) is 22.5 Å². The highest BCUT2D eigenvalue weighted by atomic mass is 32.1. The molecule has 1 fully saturated rings. The van der Waals surface area contributed by atoms with E-state index in [1.807, 2.05) is 46.2 Å². The summed E-state index contributed by atoms with van der Waals surface area (Å²) in [6.07, 6.45) is 0.688. The van der Waals surface area contributed by atoms with Gasteiger partial charge in [-0.1, -0.05) is 60.7 Å². The molecular formula is C22H24N4O2S. The van der Waals surface area contributed by atoms with Gasteiger partial charge in [0, 0.05) is 37.6 Å². The fourth-order valence-corrected chi connectivity index (χ4v) is 3.98. The summed E-state index contributed by atoms with van der Waals surface area (Å²) in [5.41, 5.74) is 2.32. The number of carbonyl (C=O) groups excluding carboxylic acids is 1. The summed E-state index contributed by atoms with van der Waals surface area (Å²) in [6, 6.07) is 20.3. The van der Waals surface area contributed by atoms with Gasteiger partial charge in [0.1, 0.15) is 5.82 Å². The molecule has 4 rings (SSSR count). The van der Waals surface area contributed by atoms with Gasteiger partial charge in [-0.15, -0.1) is 0 Å². The third-order valence-corrected chi connectivity index (χ3v) is 5.65. The molecule has 6 nitrogen and oxygen atoms in total. The number of ether oxygens (including phenoxy) is 1. The third-order valence-electron chi connectivity index (χ3n) is 4.84. The van der Waals surface area contributed by atoms with Gasteiger partial charge in [0.2, 0.25) is 11.0 Å². The fraction of sp³-hybridized carbons (Fsp3) is 0.318. The summed E-state index contributed by atoms with van der Waals surface area (Å²) in [5.74, 6) is 0.886. The average Bonchev–Trinajstić information content (AvgIpc) is 3.24. The molecule has 29 heavy (non-hydrogen) atoms. The van der Waals surface area contributed by atoms with Crippen LogP contribution in [-0.4, -0.2) is 53.0 Å². The van der Waals surface area contributed by atoms with E-state index in [0.29, 0.717) is 39.3 Å². The van der Waals surface area contributed by atoms with Crippen molar-refractivity contribution in [3.05, 3.63) is 77.6 Å². The summed E-state index contributed by atoms with van der Waals surface area (Å²) in [4.78, 5) is 21.5. The van der Waals surface area contributed by atoms with Crippen molar-refractivity contribution in [3.8, 4) is 0 Å². The number of rotatable bonds is 7. The Kier molecular flexibility index (Phi) is 6.49. The summed E-state index contributed by atoms with van der Waals surface area (Å²) in [7, 11) is 0. The van der Waals surface area contributed by atoms with Gasteiger partial charge < -0.3 is 14.5 Å². The number of benzene rings is 2. The molecule has 0 saturated carbocycles. The molecule has 0 radical (unpaired) electrons. The van der Waals surface area contributed by atoms with Gasteiger partial charge in [0.15, 0.2) is 0 Å². The first-order valence-corrected chi connectivity index (χ1v) is 10.6. The molecule has 0 N–H and O–H groups in total. The summed E-state index contributed by atoms with van der Waals surface area (Å²) in [5, 5.41) is 0.779. The van der Waals surface area contributed by atoms with E-state index in [4.69, 9.17) is 9.72 Å². The van der Waals surface area contributed by atoms with Gasteiger partial charge in [0.05, 0.1) is 19.8 Å². The predicted molar refractivity (Wildman–Crippen MR) is 114 cm³/mol. The largest absolute Gasteiger partial charge is 0.378 e. The molecule has 1 aromatic heterocycles. The quantitative estimate of drug-likeness (QED) is 0.602. The van der Waals surface area contributed by atoms with Crippen LogP contribution in [0.2, 0.25) is 0 Å². The number of aromatic nitrogens is 2. The lowest BCUT2D eigenvalue weighted by molar-refractivity contribution is -0.133. The van der Waals surface area contributed by atoms with Crippen LogP contribution in [0.25, 0.3) is 0 Å². The van der Waals surface area contributed by atoms with Crippen LogP contribution in [0, 0.1) is 0 Å². The minimum atomic E-state index is 0.101. The van der Waals surface area contributed by atoms with Crippen LogP contribution in [0.4, 0.5) is 5.13 Å². The number of hydrogen-bond donors (Lipinski definition) is 0. The van der Waals surface area contributed by atoms with Crippen molar-refractivity contribution in [1.29, 1.82) is 0 Å². The Bertz CT molecular complexity index is 911. The minimum absolute atomic E-state index is 0.101. The number of hydrogen-bond acceptors (Lipinski definition) is 6.